The molecular formula is C16H14N4O3. The van der Waals surface area contributed by atoms with Crippen LogP contribution in [0.15, 0.2) is 36.7 Å². The van der Waals surface area contributed by atoms with Crippen LogP contribution < -0.4 is 5.32 Å². The number of carbonyl (C=O) groups is 2. The number of esters is 1. The molecule has 0 aliphatic carbocycles. The minimum Gasteiger partial charge on any atom is -0.451 e. The van der Waals surface area contributed by atoms with E-state index in [0.717, 1.165) is 5.56 Å². The summed E-state index contributed by atoms with van der Waals surface area (Å²) in [6.45, 7) is 1.33. The monoisotopic (exact) mass is 310 g/mol. The number of hydrogen-bond acceptors (Lipinski definition) is 6. The van der Waals surface area contributed by atoms with Crippen LogP contribution in [0.1, 0.15) is 21.7 Å². The number of hydrogen-bond donors (Lipinski definition) is 1. The summed E-state index contributed by atoms with van der Waals surface area (Å²) in [6, 6.07) is 8.88. The molecule has 0 saturated heterocycles. The average Bonchev–Trinajstić information content (AvgIpc) is 2.55. The zero-order chi connectivity index (χ0) is 16.7. The number of aromatic nitrogens is 2. The van der Waals surface area contributed by atoms with Gasteiger partial charge in [-0.1, -0.05) is 12.1 Å². The van der Waals surface area contributed by atoms with E-state index in [-0.39, 0.29) is 5.69 Å². The predicted molar refractivity (Wildman–Crippen MR) is 81.4 cm³/mol. The lowest BCUT2D eigenvalue weighted by molar-refractivity contribution is -0.119. The lowest BCUT2D eigenvalue weighted by Crippen LogP contribution is -2.21. The molecule has 2 aromatic rings. The summed E-state index contributed by atoms with van der Waals surface area (Å²) in [7, 11) is 0. The highest BCUT2D eigenvalue weighted by molar-refractivity contribution is 5.94. The van der Waals surface area contributed by atoms with Gasteiger partial charge in [0.2, 0.25) is 0 Å². The zero-order valence-corrected chi connectivity index (χ0v) is 12.4. The lowest BCUT2D eigenvalue weighted by atomic mass is 10.1. The van der Waals surface area contributed by atoms with Crippen molar-refractivity contribution in [3.63, 3.8) is 0 Å². The zero-order valence-electron chi connectivity index (χ0n) is 12.4. The molecule has 0 saturated carbocycles. The fourth-order valence-corrected chi connectivity index (χ4v) is 1.70. The third-order valence-corrected chi connectivity index (χ3v) is 2.85. The van der Waals surface area contributed by atoms with Gasteiger partial charge < -0.3 is 10.1 Å². The van der Waals surface area contributed by atoms with Gasteiger partial charge in [0.1, 0.15) is 0 Å². The molecule has 2 rings (SSSR count). The Hall–Kier alpha value is -3.27. The van der Waals surface area contributed by atoms with Gasteiger partial charge in [-0.2, -0.15) is 5.26 Å². The molecule has 7 heteroatoms. The van der Waals surface area contributed by atoms with Gasteiger partial charge in [-0.25, -0.2) is 9.78 Å². The minimum absolute atomic E-state index is 0.0456. The number of ether oxygens (including phenoxy) is 1. The quantitative estimate of drug-likeness (QED) is 0.842. The molecule has 0 unspecified atom stereocenters. The van der Waals surface area contributed by atoms with Gasteiger partial charge >= 0.3 is 5.97 Å². The Bertz CT molecular complexity index is 733. The molecule has 1 amide bonds. The van der Waals surface area contributed by atoms with Crippen molar-refractivity contribution in [1.82, 2.24) is 9.97 Å². The van der Waals surface area contributed by atoms with Crippen LogP contribution >= 0.6 is 0 Å². The predicted octanol–water partition coefficient (Wildman–Crippen LogP) is 1.65. The molecule has 0 atom stereocenters. The van der Waals surface area contributed by atoms with Crippen LogP contribution in [0.5, 0.6) is 0 Å². The van der Waals surface area contributed by atoms with Gasteiger partial charge in [0.15, 0.2) is 12.3 Å². The van der Waals surface area contributed by atoms with E-state index < -0.39 is 18.5 Å². The number of amides is 1. The summed E-state index contributed by atoms with van der Waals surface area (Å²) < 4.78 is 4.87. The van der Waals surface area contributed by atoms with E-state index in [0.29, 0.717) is 17.8 Å². The first-order chi connectivity index (χ1) is 11.1. The first-order valence-electron chi connectivity index (χ1n) is 6.80. The SMILES string of the molecule is Cc1cnc(C(=O)OCC(=O)Nc2ccc(CC#N)cc2)cn1. The standard InChI is InChI=1S/C16H14N4O3/c1-11-8-19-14(9-18-11)16(22)23-10-15(21)20-13-4-2-12(3-5-13)6-7-17/h2-5,8-9H,6,10H2,1H3,(H,20,21). The summed E-state index contributed by atoms with van der Waals surface area (Å²) in [5.74, 6) is -1.18. The van der Waals surface area contributed by atoms with Crippen LogP contribution in [0.25, 0.3) is 0 Å². The Morgan fingerprint density at radius 3 is 2.57 bits per heavy atom. The second kappa shape index (κ2) is 7.66. The molecular weight excluding hydrogens is 296 g/mol. The van der Waals surface area contributed by atoms with Crippen LogP contribution in [0.2, 0.25) is 0 Å². The number of carbonyl (C=O) groups excluding carboxylic acids is 2. The topological polar surface area (TPSA) is 105 Å². The molecule has 1 heterocycles. The first kappa shape index (κ1) is 16.1. The molecule has 116 valence electrons. The van der Waals surface area contributed by atoms with Crippen LogP contribution in [0.4, 0.5) is 5.69 Å². The van der Waals surface area contributed by atoms with Crippen molar-refractivity contribution in [2.75, 3.05) is 11.9 Å². The molecule has 23 heavy (non-hydrogen) atoms. The largest absolute Gasteiger partial charge is 0.451 e. The van der Waals surface area contributed by atoms with Crippen LogP contribution in [0, 0.1) is 18.3 Å². The molecule has 0 bridgehead atoms. The number of anilines is 1. The maximum absolute atomic E-state index is 11.7. The van der Waals surface area contributed by atoms with Crippen molar-refractivity contribution in [2.45, 2.75) is 13.3 Å². The summed E-state index contributed by atoms with van der Waals surface area (Å²) in [5, 5.41) is 11.2. The molecule has 1 aromatic carbocycles. The second-order valence-electron chi connectivity index (χ2n) is 4.70. The Labute approximate surface area is 132 Å². The lowest BCUT2D eigenvalue weighted by Gasteiger charge is -2.06. The molecule has 1 aromatic heterocycles. The number of nitriles is 1. The average molecular weight is 310 g/mol. The molecule has 0 spiro atoms. The number of nitrogens with zero attached hydrogens (tertiary/aromatic N) is 3. The normalized spacial score (nSPS) is 9.74. The highest BCUT2D eigenvalue weighted by atomic mass is 16.5. The van der Waals surface area contributed by atoms with Gasteiger partial charge in [-0.15, -0.1) is 0 Å². The van der Waals surface area contributed by atoms with Crippen LogP contribution in [-0.4, -0.2) is 28.5 Å². The van der Waals surface area contributed by atoms with E-state index >= 15 is 0 Å². The van der Waals surface area contributed by atoms with E-state index in [9.17, 15) is 9.59 Å². The van der Waals surface area contributed by atoms with E-state index in [1.165, 1.54) is 12.4 Å². The fraction of sp³-hybridized carbons (Fsp3) is 0.188. The Balaban J connectivity index is 1.84. The summed E-state index contributed by atoms with van der Waals surface area (Å²) in [4.78, 5) is 31.2. The van der Waals surface area contributed by atoms with Gasteiger partial charge in [0.05, 0.1) is 24.4 Å². The van der Waals surface area contributed by atoms with E-state index in [4.69, 9.17) is 10.00 Å². The highest BCUT2D eigenvalue weighted by Crippen LogP contribution is 2.09. The Morgan fingerprint density at radius 2 is 1.96 bits per heavy atom. The van der Waals surface area contributed by atoms with Crippen molar-refractivity contribution < 1.29 is 14.3 Å². The number of rotatable bonds is 5. The van der Waals surface area contributed by atoms with Crippen molar-refractivity contribution in [3.8, 4) is 6.07 Å². The third kappa shape index (κ3) is 4.89. The van der Waals surface area contributed by atoms with Crippen molar-refractivity contribution in [1.29, 1.82) is 5.26 Å². The maximum atomic E-state index is 11.7. The molecule has 0 fully saturated rings. The smallest absolute Gasteiger partial charge is 0.359 e. The molecule has 0 aliphatic rings. The van der Waals surface area contributed by atoms with Crippen molar-refractivity contribution in [3.05, 3.63) is 53.6 Å². The summed E-state index contributed by atoms with van der Waals surface area (Å²) >= 11 is 0. The number of aryl methyl sites for hydroxylation is 1. The van der Waals surface area contributed by atoms with E-state index in [1.807, 2.05) is 6.07 Å². The maximum Gasteiger partial charge on any atom is 0.359 e. The van der Waals surface area contributed by atoms with E-state index in [2.05, 4.69) is 15.3 Å². The molecule has 7 nitrogen and oxygen atoms in total. The molecule has 0 aliphatic heterocycles. The highest BCUT2D eigenvalue weighted by Gasteiger charge is 2.12. The number of benzene rings is 1. The van der Waals surface area contributed by atoms with Gasteiger partial charge in [-0.05, 0) is 24.6 Å². The van der Waals surface area contributed by atoms with Gasteiger partial charge in [0.25, 0.3) is 5.91 Å². The van der Waals surface area contributed by atoms with Crippen molar-refractivity contribution in [2.24, 2.45) is 0 Å². The Kier molecular flexibility index (Phi) is 5.36. The van der Waals surface area contributed by atoms with E-state index in [1.54, 1.807) is 31.2 Å². The number of nitrogens with one attached hydrogen (secondary N) is 1. The van der Waals surface area contributed by atoms with Gasteiger partial charge in [-0.3, -0.25) is 9.78 Å². The molecule has 1 N–H and O–H groups in total. The van der Waals surface area contributed by atoms with Gasteiger partial charge in [0, 0.05) is 11.9 Å². The Morgan fingerprint density at radius 1 is 1.22 bits per heavy atom. The second-order valence-corrected chi connectivity index (χ2v) is 4.70. The first-order valence-corrected chi connectivity index (χ1v) is 6.80. The molecule has 0 radical (unpaired) electrons. The van der Waals surface area contributed by atoms with Crippen LogP contribution in [0.3, 0.4) is 0 Å². The van der Waals surface area contributed by atoms with Crippen LogP contribution in [-0.2, 0) is 16.0 Å². The summed E-state index contributed by atoms with van der Waals surface area (Å²) in [5.41, 5.74) is 2.14. The minimum atomic E-state index is -0.711. The third-order valence-electron chi connectivity index (χ3n) is 2.85. The van der Waals surface area contributed by atoms with Crippen molar-refractivity contribution >= 4 is 17.6 Å². The summed E-state index contributed by atoms with van der Waals surface area (Å²) in [6.07, 6.45) is 3.05. The fourth-order valence-electron chi connectivity index (χ4n) is 1.70.